The minimum absolute atomic E-state index is 0.120. The normalized spacial score (nSPS) is 36.0. The van der Waals surface area contributed by atoms with Crippen LogP contribution in [0.25, 0.3) is 0 Å². The van der Waals surface area contributed by atoms with E-state index >= 15 is 0 Å². The molecule has 2 rings (SSSR count). The summed E-state index contributed by atoms with van der Waals surface area (Å²) in [6.07, 6.45) is 4.78. The van der Waals surface area contributed by atoms with Crippen LogP contribution in [0.3, 0.4) is 0 Å². The van der Waals surface area contributed by atoms with Gasteiger partial charge in [-0.1, -0.05) is 19.3 Å². The van der Waals surface area contributed by atoms with Crippen molar-refractivity contribution < 1.29 is 14.6 Å². The molecule has 2 aliphatic rings. The number of carbonyl (C=O) groups excluding carboxylic acids is 1. The molecule has 0 spiro atoms. The zero-order chi connectivity index (χ0) is 13.3. The third-order valence-electron chi connectivity index (χ3n) is 4.07. The summed E-state index contributed by atoms with van der Waals surface area (Å²) in [5, 5.41) is 13.0. The first-order valence-electron chi connectivity index (χ1n) is 7.04. The highest BCUT2D eigenvalue weighted by Crippen LogP contribution is 2.42. The first-order chi connectivity index (χ1) is 8.37. The molecule has 0 heterocycles. The number of aliphatic hydroxyl groups is 1. The molecule has 4 heteroatoms. The maximum atomic E-state index is 11.8. The van der Waals surface area contributed by atoms with Crippen LogP contribution in [-0.4, -0.2) is 28.9 Å². The molecule has 2 aliphatic carbocycles. The Bertz CT molecular complexity index is 311. The van der Waals surface area contributed by atoms with Gasteiger partial charge < -0.3 is 15.2 Å². The van der Waals surface area contributed by atoms with Gasteiger partial charge in [-0.2, -0.15) is 0 Å². The molecule has 104 valence electrons. The Labute approximate surface area is 109 Å². The van der Waals surface area contributed by atoms with E-state index < -0.39 is 17.8 Å². The van der Waals surface area contributed by atoms with Crippen LogP contribution in [0, 0.1) is 11.8 Å². The topological polar surface area (TPSA) is 58.6 Å². The monoisotopic (exact) mass is 255 g/mol. The maximum Gasteiger partial charge on any atom is 0.407 e. The van der Waals surface area contributed by atoms with E-state index in [0.29, 0.717) is 11.8 Å². The number of alkyl carbamates (subject to hydrolysis) is 1. The fourth-order valence-corrected chi connectivity index (χ4v) is 3.39. The molecule has 4 nitrogen and oxygen atoms in total. The van der Waals surface area contributed by atoms with Crippen LogP contribution in [0.5, 0.6) is 0 Å². The Hall–Kier alpha value is -0.770. The van der Waals surface area contributed by atoms with Crippen LogP contribution >= 0.6 is 0 Å². The van der Waals surface area contributed by atoms with Crippen LogP contribution in [0.1, 0.15) is 52.9 Å². The number of rotatable bonds is 1. The van der Waals surface area contributed by atoms with Gasteiger partial charge in [-0.25, -0.2) is 4.79 Å². The molecule has 1 amide bonds. The predicted molar refractivity (Wildman–Crippen MR) is 69.2 cm³/mol. The second-order valence-corrected chi connectivity index (χ2v) is 6.68. The highest BCUT2D eigenvalue weighted by atomic mass is 16.6. The van der Waals surface area contributed by atoms with E-state index in [4.69, 9.17) is 4.74 Å². The van der Waals surface area contributed by atoms with Crippen molar-refractivity contribution in [2.75, 3.05) is 0 Å². The summed E-state index contributed by atoms with van der Waals surface area (Å²) in [6, 6.07) is -0.120. The zero-order valence-corrected chi connectivity index (χ0v) is 11.6. The number of amides is 1. The number of nitrogens with one attached hydrogen (secondary N) is 1. The van der Waals surface area contributed by atoms with E-state index in [1.54, 1.807) is 0 Å². The van der Waals surface area contributed by atoms with E-state index in [1.807, 2.05) is 20.8 Å². The van der Waals surface area contributed by atoms with Crippen LogP contribution in [0.4, 0.5) is 4.79 Å². The minimum atomic E-state index is -0.487. The standard InChI is InChI=1S/C14H25NO3/c1-14(2,3)18-13(17)15-12-10-7-5-4-6-9(10)8-11(12)16/h9-12,16H,4-8H2,1-3H3,(H,15,17). The molecule has 18 heavy (non-hydrogen) atoms. The number of hydrogen-bond donors (Lipinski definition) is 2. The van der Waals surface area contributed by atoms with Gasteiger partial charge in [0, 0.05) is 0 Å². The number of carbonyl (C=O) groups is 1. The summed E-state index contributed by atoms with van der Waals surface area (Å²) in [5.74, 6) is 1.01. The summed E-state index contributed by atoms with van der Waals surface area (Å²) >= 11 is 0. The van der Waals surface area contributed by atoms with Crippen LogP contribution in [0.2, 0.25) is 0 Å². The van der Waals surface area contributed by atoms with E-state index in [1.165, 1.54) is 19.3 Å². The lowest BCUT2D eigenvalue weighted by Gasteiger charge is -2.30. The van der Waals surface area contributed by atoms with Crippen molar-refractivity contribution >= 4 is 6.09 Å². The summed E-state index contributed by atoms with van der Waals surface area (Å²) in [5.41, 5.74) is -0.487. The van der Waals surface area contributed by atoms with Gasteiger partial charge in [-0.05, 0) is 45.4 Å². The molecule has 0 aromatic carbocycles. The largest absolute Gasteiger partial charge is 0.444 e. The Morgan fingerprint density at radius 3 is 2.61 bits per heavy atom. The smallest absolute Gasteiger partial charge is 0.407 e. The molecule has 0 aliphatic heterocycles. The van der Waals surface area contributed by atoms with Crippen molar-refractivity contribution in [3.8, 4) is 0 Å². The molecule has 4 atom stereocenters. The summed E-state index contributed by atoms with van der Waals surface area (Å²) in [6.45, 7) is 5.54. The summed E-state index contributed by atoms with van der Waals surface area (Å²) in [7, 11) is 0. The Morgan fingerprint density at radius 2 is 1.94 bits per heavy atom. The van der Waals surface area contributed by atoms with Gasteiger partial charge in [0.25, 0.3) is 0 Å². The molecule has 2 fully saturated rings. The van der Waals surface area contributed by atoms with Gasteiger partial charge in [-0.15, -0.1) is 0 Å². The molecule has 2 saturated carbocycles. The molecule has 0 bridgehead atoms. The fraction of sp³-hybridized carbons (Fsp3) is 0.929. The molecular formula is C14H25NO3. The third-order valence-corrected chi connectivity index (χ3v) is 4.07. The molecule has 2 N–H and O–H groups in total. The van der Waals surface area contributed by atoms with Gasteiger partial charge >= 0.3 is 6.09 Å². The predicted octanol–water partition coefficient (Wildman–Crippen LogP) is 2.45. The molecule has 0 radical (unpaired) electrons. The highest BCUT2D eigenvalue weighted by Gasteiger charge is 2.44. The lowest BCUT2D eigenvalue weighted by molar-refractivity contribution is 0.0417. The molecule has 0 aromatic rings. The van der Waals surface area contributed by atoms with E-state index in [2.05, 4.69) is 5.32 Å². The van der Waals surface area contributed by atoms with Crippen LogP contribution < -0.4 is 5.32 Å². The molecule has 4 unspecified atom stereocenters. The lowest BCUT2D eigenvalue weighted by atomic mass is 9.80. The summed E-state index contributed by atoms with van der Waals surface area (Å²) < 4.78 is 5.27. The van der Waals surface area contributed by atoms with Gasteiger partial charge in [0.05, 0.1) is 12.1 Å². The number of fused-ring (bicyclic) bond motifs is 1. The SMILES string of the molecule is CC(C)(C)OC(=O)NC1C(O)CC2CCCCC21. The van der Waals surface area contributed by atoms with Gasteiger partial charge in [0.15, 0.2) is 0 Å². The van der Waals surface area contributed by atoms with Gasteiger partial charge in [0.1, 0.15) is 5.60 Å². The number of aliphatic hydroxyl groups excluding tert-OH is 1. The zero-order valence-electron chi connectivity index (χ0n) is 11.6. The van der Waals surface area contributed by atoms with Crippen LogP contribution in [0.15, 0.2) is 0 Å². The Kier molecular flexibility index (Phi) is 3.85. The Balaban J connectivity index is 1.93. The summed E-state index contributed by atoms with van der Waals surface area (Å²) in [4.78, 5) is 11.8. The van der Waals surface area contributed by atoms with E-state index in [0.717, 1.165) is 12.8 Å². The molecular weight excluding hydrogens is 230 g/mol. The minimum Gasteiger partial charge on any atom is -0.444 e. The average molecular weight is 255 g/mol. The average Bonchev–Trinajstić information content (AvgIpc) is 2.53. The van der Waals surface area contributed by atoms with Crippen molar-refractivity contribution in [3.05, 3.63) is 0 Å². The molecule has 0 aromatic heterocycles. The highest BCUT2D eigenvalue weighted by molar-refractivity contribution is 5.68. The fourth-order valence-electron chi connectivity index (χ4n) is 3.39. The second kappa shape index (κ2) is 5.08. The second-order valence-electron chi connectivity index (χ2n) is 6.68. The van der Waals surface area contributed by atoms with E-state index in [-0.39, 0.29) is 6.04 Å². The van der Waals surface area contributed by atoms with Crippen molar-refractivity contribution in [2.45, 2.75) is 70.6 Å². The maximum absolute atomic E-state index is 11.8. The van der Waals surface area contributed by atoms with Gasteiger partial charge in [-0.3, -0.25) is 0 Å². The number of ether oxygens (including phenoxy) is 1. The van der Waals surface area contributed by atoms with Crippen molar-refractivity contribution in [1.29, 1.82) is 0 Å². The van der Waals surface area contributed by atoms with Crippen LogP contribution in [-0.2, 0) is 4.74 Å². The first-order valence-corrected chi connectivity index (χ1v) is 7.04. The quantitative estimate of drug-likeness (QED) is 0.756. The lowest BCUT2D eigenvalue weighted by Crippen LogP contribution is -2.46. The van der Waals surface area contributed by atoms with Crippen molar-refractivity contribution in [2.24, 2.45) is 11.8 Å². The van der Waals surface area contributed by atoms with Gasteiger partial charge in [0.2, 0.25) is 0 Å². The number of hydrogen-bond acceptors (Lipinski definition) is 3. The third kappa shape index (κ3) is 3.16. The first kappa shape index (κ1) is 13.7. The van der Waals surface area contributed by atoms with E-state index in [9.17, 15) is 9.90 Å². The molecule has 0 saturated heterocycles. The van der Waals surface area contributed by atoms with Crippen molar-refractivity contribution in [1.82, 2.24) is 5.32 Å². The van der Waals surface area contributed by atoms with Crippen molar-refractivity contribution in [3.63, 3.8) is 0 Å². The Morgan fingerprint density at radius 1 is 1.28 bits per heavy atom.